The Morgan fingerprint density at radius 3 is 2.39 bits per heavy atom. The van der Waals surface area contributed by atoms with Gasteiger partial charge in [0.1, 0.15) is 0 Å². The van der Waals surface area contributed by atoms with Crippen LogP contribution in [0.25, 0.3) is 21.8 Å². The molecule has 3 heteroatoms. The van der Waals surface area contributed by atoms with Crippen molar-refractivity contribution in [3.8, 4) is 0 Å². The highest BCUT2D eigenvalue weighted by molar-refractivity contribution is 6.08. The molecule has 4 rings (SSSR count). The van der Waals surface area contributed by atoms with E-state index >= 15 is 0 Å². The Labute approximate surface area is 135 Å². The van der Waals surface area contributed by atoms with Gasteiger partial charge in [0.25, 0.3) is 0 Å². The Kier molecular flexibility index (Phi) is 3.02. The minimum absolute atomic E-state index is 0.361. The third kappa shape index (κ3) is 1.86. The predicted octanol–water partition coefficient (Wildman–Crippen LogP) is 4.88. The third-order valence-corrected chi connectivity index (χ3v) is 5.40. The minimum atomic E-state index is -0.685. The summed E-state index contributed by atoms with van der Waals surface area (Å²) in [4.78, 5) is 11.8. The van der Waals surface area contributed by atoms with Gasteiger partial charge in [-0.05, 0) is 50.5 Å². The highest BCUT2D eigenvalue weighted by Crippen LogP contribution is 2.45. The molecule has 1 N–H and O–H groups in total. The molecule has 1 aliphatic carbocycles. The quantitative estimate of drug-likeness (QED) is 0.749. The van der Waals surface area contributed by atoms with Crippen molar-refractivity contribution >= 4 is 27.8 Å². The fraction of sp³-hybridized carbons (Fsp3) is 0.350. The third-order valence-electron chi connectivity index (χ3n) is 5.40. The van der Waals surface area contributed by atoms with Crippen molar-refractivity contribution in [1.82, 2.24) is 4.57 Å². The number of aliphatic carboxylic acids is 1. The van der Waals surface area contributed by atoms with Crippen molar-refractivity contribution in [2.24, 2.45) is 0 Å². The lowest BCUT2D eigenvalue weighted by atomic mass is 9.64. The van der Waals surface area contributed by atoms with E-state index in [1.807, 2.05) is 6.07 Å². The maximum Gasteiger partial charge on any atom is 0.314 e. The molecule has 118 valence electrons. The van der Waals surface area contributed by atoms with Crippen LogP contribution < -0.4 is 0 Å². The van der Waals surface area contributed by atoms with Gasteiger partial charge < -0.3 is 9.67 Å². The minimum Gasteiger partial charge on any atom is -0.481 e. The highest BCUT2D eigenvalue weighted by atomic mass is 16.4. The molecule has 0 saturated heterocycles. The lowest BCUT2D eigenvalue weighted by Crippen LogP contribution is -2.42. The monoisotopic (exact) mass is 307 g/mol. The Bertz CT molecular complexity index is 916. The number of hydrogen-bond donors (Lipinski definition) is 1. The van der Waals surface area contributed by atoms with Crippen LogP contribution in [-0.4, -0.2) is 15.6 Å². The van der Waals surface area contributed by atoms with E-state index in [9.17, 15) is 9.90 Å². The molecule has 2 aromatic carbocycles. The number of hydrogen-bond acceptors (Lipinski definition) is 1. The summed E-state index contributed by atoms with van der Waals surface area (Å²) < 4.78 is 2.34. The van der Waals surface area contributed by atoms with Crippen molar-refractivity contribution in [1.29, 1.82) is 0 Å². The average Bonchev–Trinajstić information content (AvgIpc) is 2.80. The smallest absolute Gasteiger partial charge is 0.314 e. The molecule has 0 bridgehead atoms. The van der Waals surface area contributed by atoms with E-state index in [1.165, 1.54) is 21.8 Å². The molecule has 1 saturated carbocycles. The molecule has 0 spiro atoms. The van der Waals surface area contributed by atoms with Crippen LogP contribution in [0.4, 0.5) is 0 Å². The van der Waals surface area contributed by atoms with Gasteiger partial charge in [-0.25, -0.2) is 0 Å². The number of aromatic nitrogens is 1. The van der Waals surface area contributed by atoms with E-state index in [0.717, 1.165) is 24.8 Å². The first kappa shape index (κ1) is 14.3. The van der Waals surface area contributed by atoms with Crippen molar-refractivity contribution in [2.45, 2.75) is 44.6 Å². The maximum atomic E-state index is 11.8. The molecule has 3 aromatic rings. The lowest BCUT2D eigenvalue weighted by Gasteiger charge is -2.38. The summed E-state index contributed by atoms with van der Waals surface area (Å²) in [6.45, 7) is 4.37. The van der Waals surface area contributed by atoms with Gasteiger partial charge >= 0.3 is 5.97 Å². The van der Waals surface area contributed by atoms with E-state index in [1.54, 1.807) is 0 Å². The molecular weight excluding hydrogens is 286 g/mol. The van der Waals surface area contributed by atoms with Crippen LogP contribution in [0.1, 0.15) is 44.7 Å². The first-order chi connectivity index (χ1) is 11.0. The van der Waals surface area contributed by atoms with E-state index in [-0.39, 0.29) is 0 Å². The summed E-state index contributed by atoms with van der Waals surface area (Å²) in [5.41, 5.74) is 2.68. The molecule has 0 radical (unpaired) electrons. The molecule has 3 nitrogen and oxygen atoms in total. The zero-order chi connectivity index (χ0) is 16.2. The van der Waals surface area contributed by atoms with E-state index < -0.39 is 11.4 Å². The predicted molar refractivity (Wildman–Crippen MR) is 93.0 cm³/mol. The van der Waals surface area contributed by atoms with E-state index in [2.05, 4.69) is 54.8 Å². The number of fused-ring (bicyclic) bond motifs is 3. The standard InChI is InChI=1S/C20H21NO2/c1-13(2)21-17-7-4-3-6-15(17)16-12-14(8-9-18(16)21)20(19(22)23)10-5-11-20/h3-4,6-9,12-13H,5,10-11H2,1-2H3,(H,22,23). The Morgan fingerprint density at radius 1 is 1.09 bits per heavy atom. The number of rotatable bonds is 3. The summed E-state index contributed by atoms with van der Waals surface area (Å²) in [5.74, 6) is -0.685. The van der Waals surface area contributed by atoms with Gasteiger partial charge in [-0.15, -0.1) is 0 Å². The van der Waals surface area contributed by atoms with Crippen molar-refractivity contribution in [3.05, 3.63) is 48.0 Å². The van der Waals surface area contributed by atoms with Crippen molar-refractivity contribution < 1.29 is 9.90 Å². The molecule has 0 amide bonds. The topological polar surface area (TPSA) is 42.2 Å². The second-order valence-corrected chi connectivity index (χ2v) is 6.95. The lowest BCUT2D eigenvalue weighted by molar-refractivity contribution is -0.147. The zero-order valence-corrected chi connectivity index (χ0v) is 13.5. The van der Waals surface area contributed by atoms with Gasteiger partial charge in [0.15, 0.2) is 0 Å². The summed E-state index contributed by atoms with van der Waals surface area (Å²) in [6, 6.07) is 15.0. The Morgan fingerprint density at radius 2 is 1.78 bits per heavy atom. The fourth-order valence-electron chi connectivity index (χ4n) is 4.01. The SMILES string of the molecule is CC(C)n1c2ccccc2c2cc(C3(C(=O)O)CCC3)ccc21. The highest BCUT2D eigenvalue weighted by Gasteiger charge is 2.46. The van der Waals surface area contributed by atoms with Crippen LogP contribution >= 0.6 is 0 Å². The van der Waals surface area contributed by atoms with Crippen LogP contribution in [-0.2, 0) is 10.2 Å². The number of nitrogens with zero attached hydrogens (tertiary/aromatic N) is 1. The zero-order valence-electron chi connectivity index (χ0n) is 13.5. The molecule has 1 fully saturated rings. The first-order valence-electron chi connectivity index (χ1n) is 8.31. The van der Waals surface area contributed by atoms with Gasteiger partial charge in [-0.3, -0.25) is 4.79 Å². The van der Waals surface area contributed by atoms with Gasteiger partial charge in [0.2, 0.25) is 0 Å². The van der Waals surface area contributed by atoms with E-state index in [0.29, 0.717) is 6.04 Å². The van der Waals surface area contributed by atoms with Gasteiger partial charge in [-0.2, -0.15) is 0 Å². The number of carboxylic acids is 1. The summed E-state index contributed by atoms with van der Waals surface area (Å²) >= 11 is 0. The largest absolute Gasteiger partial charge is 0.481 e. The van der Waals surface area contributed by atoms with Crippen LogP contribution in [0, 0.1) is 0 Å². The van der Waals surface area contributed by atoms with Gasteiger partial charge in [-0.1, -0.05) is 30.7 Å². The number of carbonyl (C=O) groups is 1. The average molecular weight is 307 g/mol. The van der Waals surface area contributed by atoms with Crippen LogP contribution in [0.2, 0.25) is 0 Å². The summed E-state index contributed by atoms with van der Waals surface area (Å²) in [5, 5.41) is 12.1. The second kappa shape index (κ2) is 4.85. The normalized spacial score (nSPS) is 16.8. The summed E-state index contributed by atoms with van der Waals surface area (Å²) in [6.07, 6.45) is 2.49. The van der Waals surface area contributed by atoms with Crippen LogP contribution in [0.15, 0.2) is 42.5 Å². The number of para-hydroxylation sites is 1. The second-order valence-electron chi connectivity index (χ2n) is 6.95. The van der Waals surface area contributed by atoms with Crippen molar-refractivity contribution in [3.63, 3.8) is 0 Å². The molecule has 1 aliphatic rings. The molecule has 0 atom stereocenters. The maximum absolute atomic E-state index is 11.8. The molecule has 1 heterocycles. The summed E-state index contributed by atoms with van der Waals surface area (Å²) in [7, 11) is 0. The van der Waals surface area contributed by atoms with Crippen LogP contribution in [0.3, 0.4) is 0 Å². The Balaban J connectivity index is 2.03. The van der Waals surface area contributed by atoms with Gasteiger partial charge in [0, 0.05) is 27.8 Å². The molecular formula is C20H21NO2. The molecule has 23 heavy (non-hydrogen) atoms. The Hall–Kier alpha value is -2.29. The molecule has 0 unspecified atom stereocenters. The first-order valence-corrected chi connectivity index (χ1v) is 8.31. The molecule has 0 aliphatic heterocycles. The molecule has 1 aromatic heterocycles. The number of benzene rings is 2. The van der Waals surface area contributed by atoms with Gasteiger partial charge in [0.05, 0.1) is 5.41 Å². The fourth-order valence-corrected chi connectivity index (χ4v) is 4.01. The van der Waals surface area contributed by atoms with E-state index in [4.69, 9.17) is 0 Å². The van der Waals surface area contributed by atoms with Crippen molar-refractivity contribution in [2.75, 3.05) is 0 Å². The van der Waals surface area contributed by atoms with Crippen LogP contribution in [0.5, 0.6) is 0 Å². The number of carboxylic acid groups (broad SMARTS) is 1.